The fourth-order valence-electron chi connectivity index (χ4n) is 3.01. The Hall–Kier alpha value is -0.980. The molecule has 0 radical (unpaired) electrons. The zero-order chi connectivity index (χ0) is 14.8. The molecule has 116 valence electrons. The lowest BCUT2D eigenvalue weighted by Gasteiger charge is -2.33. The Kier molecular flexibility index (Phi) is 4.57. The molecule has 6 heteroatoms. The molecule has 3 rings (SSSR count). The van der Waals surface area contributed by atoms with Crippen LogP contribution in [0.4, 0.5) is 0 Å². The van der Waals surface area contributed by atoms with E-state index in [4.69, 9.17) is 4.98 Å². The van der Waals surface area contributed by atoms with Gasteiger partial charge in [-0.3, -0.25) is 4.90 Å². The van der Waals surface area contributed by atoms with Crippen LogP contribution >= 0.6 is 11.3 Å². The van der Waals surface area contributed by atoms with Crippen molar-refractivity contribution in [1.29, 1.82) is 0 Å². The number of carbonyl (C=O) groups is 1. The molecule has 2 N–H and O–H groups in total. The minimum Gasteiger partial charge on any atom is -0.477 e. The quantitative estimate of drug-likeness (QED) is 0.845. The van der Waals surface area contributed by atoms with E-state index in [-0.39, 0.29) is 6.04 Å². The van der Waals surface area contributed by atoms with Crippen LogP contribution in [-0.2, 0) is 0 Å². The third-order valence-corrected chi connectivity index (χ3v) is 5.43. The predicted octanol–water partition coefficient (Wildman–Crippen LogP) is 2.47. The van der Waals surface area contributed by atoms with Gasteiger partial charge in [-0.1, -0.05) is 13.3 Å². The summed E-state index contributed by atoms with van der Waals surface area (Å²) in [5.74, 6) is -0.414. The highest BCUT2D eigenvalue weighted by molar-refractivity contribution is 7.13. The van der Waals surface area contributed by atoms with Crippen molar-refractivity contribution in [3.05, 3.63) is 15.6 Å². The largest absolute Gasteiger partial charge is 0.477 e. The summed E-state index contributed by atoms with van der Waals surface area (Å²) in [6, 6.07) is 0.285. The zero-order valence-corrected chi connectivity index (χ0v) is 13.3. The Labute approximate surface area is 129 Å². The van der Waals surface area contributed by atoms with Gasteiger partial charge in [-0.2, -0.15) is 0 Å². The van der Waals surface area contributed by atoms with Crippen molar-refractivity contribution in [1.82, 2.24) is 15.2 Å². The third-order valence-electron chi connectivity index (χ3n) is 4.27. The van der Waals surface area contributed by atoms with Gasteiger partial charge in [0.05, 0.1) is 11.7 Å². The molecule has 5 nitrogen and oxygen atoms in total. The van der Waals surface area contributed by atoms with E-state index >= 15 is 0 Å². The second kappa shape index (κ2) is 6.42. The molecule has 2 aliphatic rings. The maximum atomic E-state index is 11.5. The number of carboxylic acids is 1. The molecular weight excluding hydrogens is 286 g/mol. The van der Waals surface area contributed by atoms with Gasteiger partial charge in [0.1, 0.15) is 9.88 Å². The molecule has 0 aromatic carbocycles. The van der Waals surface area contributed by atoms with Crippen LogP contribution in [0.1, 0.15) is 64.9 Å². The predicted molar refractivity (Wildman–Crippen MR) is 83.1 cm³/mol. The van der Waals surface area contributed by atoms with Crippen LogP contribution in [0, 0.1) is 0 Å². The Morgan fingerprint density at radius 3 is 2.76 bits per heavy atom. The van der Waals surface area contributed by atoms with E-state index in [2.05, 4.69) is 17.1 Å². The maximum Gasteiger partial charge on any atom is 0.347 e. The molecule has 2 fully saturated rings. The number of nitrogens with one attached hydrogen (secondary N) is 1. The van der Waals surface area contributed by atoms with E-state index in [0.717, 1.165) is 62.6 Å². The highest BCUT2D eigenvalue weighted by Gasteiger charge is 2.34. The minimum atomic E-state index is -0.809. The van der Waals surface area contributed by atoms with E-state index in [1.165, 1.54) is 11.3 Å². The Bertz CT molecular complexity index is 507. The second-order valence-corrected chi connectivity index (χ2v) is 6.97. The van der Waals surface area contributed by atoms with Crippen LogP contribution in [0.3, 0.4) is 0 Å². The number of hydrogen-bond donors (Lipinski definition) is 2. The summed E-state index contributed by atoms with van der Waals surface area (Å²) in [6.45, 7) is 6.24. The van der Waals surface area contributed by atoms with Crippen LogP contribution in [0.2, 0.25) is 0 Å². The van der Waals surface area contributed by atoms with Gasteiger partial charge in [0, 0.05) is 32.1 Å². The molecule has 2 heterocycles. The van der Waals surface area contributed by atoms with Gasteiger partial charge < -0.3 is 10.4 Å². The van der Waals surface area contributed by atoms with Crippen LogP contribution in [-0.4, -0.2) is 47.1 Å². The van der Waals surface area contributed by atoms with Crippen LogP contribution in [0.15, 0.2) is 0 Å². The van der Waals surface area contributed by atoms with Crippen LogP contribution in [0.5, 0.6) is 0 Å². The van der Waals surface area contributed by atoms with Gasteiger partial charge in [-0.05, 0) is 19.3 Å². The summed E-state index contributed by atoms with van der Waals surface area (Å²) >= 11 is 1.40. The van der Waals surface area contributed by atoms with Gasteiger partial charge in [-0.25, -0.2) is 9.78 Å². The molecular formula is C15H23N3O2S. The molecule has 1 aliphatic heterocycles. The summed E-state index contributed by atoms with van der Waals surface area (Å²) in [5, 5.41) is 13.8. The molecule has 0 bridgehead atoms. The van der Waals surface area contributed by atoms with Gasteiger partial charge in [0.15, 0.2) is 0 Å². The van der Waals surface area contributed by atoms with Gasteiger partial charge in [0.25, 0.3) is 0 Å². The number of nitrogens with zero attached hydrogens (tertiary/aromatic N) is 2. The molecule has 1 unspecified atom stereocenters. The fourth-order valence-corrected chi connectivity index (χ4v) is 4.17. The summed E-state index contributed by atoms with van der Waals surface area (Å²) < 4.78 is 0. The highest BCUT2D eigenvalue weighted by atomic mass is 32.1. The lowest BCUT2D eigenvalue weighted by Crippen LogP contribution is -2.45. The molecule has 1 atom stereocenters. The van der Waals surface area contributed by atoms with Crippen LogP contribution in [0.25, 0.3) is 0 Å². The number of carboxylic acid groups (broad SMARTS) is 1. The van der Waals surface area contributed by atoms with Crippen molar-refractivity contribution in [3.63, 3.8) is 0 Å². The van der Waals surface area contributed by atoms with Crippen molar-refractivity contribution in [2.45, 2.75) is 44.6 Å². The van der Waals surface area contributed by atoms with Gasteiger partial charge in [-0.15, -0.1) is 11.3 Å². The standard InChI is InChI=1S/C15H23N3O2S/c1-2-3-11(18-8-6-16-7-9-18)14-17-12(10-4-5-10)13(21-14)15(19)20/h10-11,16H,2-9H2,1H3,(H,19,20). The Balaban J connectivity index is 1.87. The minimum absolute atomic E-state index is 0.285. The maximum absolute atomic E-state index is 11.5. The number of aromatic nitrogens is 1. The Morgan fingerprint density at radius 1 is 1.48 bits per heavy atom. The molecule has 0 amide bonds. The average molecular weight is 309 g/mol. The summed E-state index contributed by atoms with van der Waals surface area (Å²) in [5.41, 5.74) is 0.846. The smallest absolute Gasteiger partial charge is 0.347 e. The Morgan fingerprint density at radius 2 is 2.19 bits per heavy atom. The highest BCUT2D eigenvalue weighted by Crippen LogP contribution is 2.44. The molecule has 1 aromatic rings. The van der Waals surface area contributed by atoms with Gasteiger partial charge >= 0.3 is 5.97 Å². The van der Waals surface area contributed by atoms with E-state index in [9.17, 15) is 9.90 Å². The average Bonchev–Trinajstić information content (AvgIpc) is 3.24. The van der Waals surface area contributed by atoms with E-state index < -0.39 is 5.97 Å². The number of rotatable bonds is 6. The number of piperazine rings is 1. The zero-order valence-electron chi connectivity index (χ0n) is 12.5. The molecule has 1 aromatic heterocycles. The molecule has 1 saturated heterocycles. The second-order valence-electron chi connectivity index (χ2n) is 5.94. The topological polar surface area (TPSA) is 65.5 Å². The third kappa shape index (κ3) is 3.27. The number of aromatic carboxylic acids is 1. The SMILES string of the molecule is CCCC(c1nc(C2CC2)c(C(=O)O)s1)N1CCNCC1. The van der Waals surface area contributed by atoms with Crippen molar-refractivity contribution in [2.75, 3.05) is 26.2 Å². The number of hydrogen-bond acceptors (Lipinski definition) is 5. The lowest BCUT2D eigenvalue weighted by atomic mass is 10.1. The van der Waals surface area contributed by atoms with E-state index in [0.29, 0.717) is 10.8 Å². The van der Waals surface area contributed by atoms with Crippen molar-refractivity contribution < 1.29 is 9.90 Å². The normalized spacial score (nSPS) is 21.4. The van der Waals surface area contributed by atoms with Crippen molar-refractivity contribution in [2.24, 2.45) is 0 Å². The van der Waals surface area contributed by atoms with E-state index in [1.54, 1.807) is 0 Å². The molecule has 21 heavy (non-hydrogen) atoms. The van der Waals surface area contributed by atoms with E-state index in [1.807, 2.05) is 0 Å². The lowest BCUT2D eigenvalue weighted by molar-refractivity contribution is 0.0700. The summed E-state index contributed by atoms with van der Waals surface area (Å²) in [4.78, 5) is 19.2. The number of thiazole rings is 1. The first kappa shape index (κ1) is 14.9. The monoisotopic (exact) mass is 309 g/mol. The molecule has 0 spiro atoms. The summed E-state index contributed by atoms with van der Waals surface area (Å²) in [6.07, 6.45) is 4.33. The van der Waals surface area contributed by atoms with Crippen LogP contribution < -0.4 is 5.32 Å². The van der Waals surface area contributed by atoms with Crippen molar-refractivity contribution >= 4 is 17.3 Å². The first-order valence-corrected chi connectivity index (χ1v) is 8.71. The first-order chi connectivity index (χ1) is 10.2. The fraction of sp³-hybridized carbons (Fsp3) is 0.733. The van der Waals surface area contributed by atoms with Gasteiger partial charge in [0.2, 0.25) is 0 Å². The molecule has 1 aliphatic carbocycles. The van der Waals surface area contributed by atoms with Crippen molar-refractivity contribution in [3.8, 4) is 0 Å². The molecule has 1 saturated carbocycles. The summed E-state index contributed by atoms with van der Waals surface area (Å²) in [7, 11) is 0. The first-order valence-electron chi connectivity index (χ1n) is 7.89.